The monoisotopic (exact) mass is 796 g/mol. The molecule has 58 heavy (non-hydrogen) atoms. The van der Waals surface area contributed by atoms with Gasteiger partial charge in [0.1, 0.15) is 11.2 Å². The van der Waals surface area contributed by atoms with Gasteiger partial charge < -0.3 is 14.2 Å². The second-order valence-electron chi connectivity index (χ2n) is 14.5. The predicted molar refractivity (Wildman–Crippen MR) is 248 cm³/mol. The van der Waals surface area contributed by atoms with Crippen molar-refractivity contribution in [3.8, 4) is 0 Å². The molecule has 274 valence electrons. The van der Waals surface area contributed by atoms with E-state index in [-0.39, 0.29) is 0 Å². The summed E-state index contributed by atoms with van der Waals surface area (Å²) >= 11 is 5.60. The van der Waals surface area contributed by atoms with Crippen molar-refractivity contribution < 1.29 is 4.42 Å². The maximum atomic E-state index is 6.34. The Balaban J connectivity index is 1.14. The molecule has 12 rings (SSSR count). The van der Waals surface area contributed by atoms with Gasteiger partial charge in [0, 0.05) is 63.7 Å². The van der Waals surface area contributed by atoms with Crippen molar-refractivity contribution in [1.29, 1.82) is 0 Å². The lowest BCUT2D eigenvalue weighted by molar-refractivity contribution is 0.669. The van der Waals surface area contributed by atoms with Crippen LogP contribution in [0.1, 0.15) is 0 Å². The molecule has 0 spiro atoms. The van der Waals surface area contributed by atoms with Crippen LogP contribution < -0.4 is 9.80 Å². The van der Waals surface area contributed by atoms with Gasteiger partial charge in [-0.2, -0.15) is 0 Å². The van der Waals surface area contributed by atoms with Crippen molar-refractivity contribution in [2.75, 3.05) is 9.80 Å². The van der Waals surface area contributed by atoms with E-state index in [4.69, 9.17) is 4.42 Å². The third-order valence-electron chi connectivity index (χ3n) is 11.0. The number of anilines is 6. The lowest BCUT2D eigenvalue weighted by Crippen LogP contribution is -2.15. The summed E-state index contributed by atoms with van der Waals surface area (Å²) in [5.74, 6) is 0. The van der Waals surface area contributed by atoms with E-state index < -0.39 is 0 Å². The lowest BCUT2D eigenvalue weighted by Gasteiger charge is -2.33. The molecule has 0 saturated carbocycles. The molecule has 1 aliphatic heterocycles. The number of rotatable bonds is 6. The maximum absolute atomic E-state index is 6.34. The van der Waals surface area contributed by atoms with E-state index in [0.29, 0.717) is 0 Å². The number of nitrogens with zero attached hydrogens (tertiary/aromatic N) is 2. The number of fused-ring (bicyclic) bond motifs is 9. The number of hydrogen-bond donors (Lipinski definition) is 0. The fourth-order valence-electron chi connectivity index (χ4n) is 8.40. The molecule has 0 saturated heterocycles. The van der Waals surface area contributed by atoms with Gasteiger partial charge in [0.05, 0.1) is 21.0 Å². The van der Waals surface area contributed by atoms with Gasteiger partial charge in [0.2, 0.25) is 0 Å². The van der Waals surface area contributed by atoms with Gasteiger partial charge >= 0.3 is 0 Å². The van der Waals surface area contributed by atoms with E-state index in [0.717, 1.165) is 56.1 Å². The average Bonchev–Trinajstić information content (AvgIpc) is 3.85. The molecule has 1 aliphatic rings. The molecule has 0 amide bonds. The topological polar surface area (TPSA) is 19.6 Å². The van der Waals surface area contributed by atoms with Gasteiger partial charge in [-0.3, -0.25) is 0 Å². The average molecular weight is 797 g/mol. The van der Waals surface area contributed by atoms with Crippen LogP contribution in [0.25, 0.3) is 52.9 Å². The summed E-state index contributed by atoms with van der Waals surface area (Å²) in [4.78, 5) is 9.88. The molecule has 0 N–H and O–H groups in total. The Morgan fingerprint density at radius 3 is 1.76 bits per heavy atom. The smallest absolute Gasteiger partial charge is 0.135 e. The van der Waals surface area contributed by atoms with Gasteiger partial charge in [0.25, 0.3) is 0 Å². The summed E-state index contributed by atoms with van der Waals surface area (Å²) in [5, 5.41) is 7.27. The van der Waals surface area contributed by atoms with E-state index in [2.05, 4.69) is 192 Å². The maximum Gasteiger partial charge on any atom is 0.135 e. The first-order chi connectivity index (χ1) is 28.7. The Hall–Kier alpha value is -6.44. The highest BCUT2D eigenvalue weighted by molar-refractivity contribution is 8.05. The number of para-hydroxylation sites is 3. The van der Waals surface area contributed by atoms with Gasteiger partial charge in [0.15, 0.2) is 0 Å². The molecule has 9 aromatic carbocycles. The number of benzene rings is 9. The Morgan fingerprint density at radius 1 is 0.362 bits per heavy atom. The molecule has 2 aromatic heterocycles. The Morgan fingerprint density at radius 2 is 0.983 bits per heavy atom. The van der Waals surface area contributed by atoms with E-state index in [1.807, 2.05) is 47.0 Å². The third-order valence-corrected chi connectivity index (χ3v) is 14.8. The normalized spacial score (nSPS) is 12.3. The standard InChI is InChI=1S/C52H32N2OS3/c1-3-16-35(17-4-1)53(37-26-27-46-42(30-37)39-20-9-11-24-45(39)55-46)44-31-38(32-50-52(44)58-49-29-34-15-8-7-14-33(34)28-48(49)56-50)54(36-18-5-2-6-19-36)43-23-13-22-41-40-21-10-12-25-47(40)57-51(41)43/h1-32H. The van der Waals surface area contributed by atoms with Gasteiger partial charge in [-0.1, -0.05) is 133 Å². The Bertz CT molecular complexity index is 3370. The van der Waals surface area contributed by atoms with Crippen molar-refractivity contribution in [2.24, 2.45) is 0 Å². The zero-order valence-electron chi connectivity index (χ0n) is 31.0. The van der Waals surface area contributed by atoms with Crippen LogP contribution in [-0.4, -0.2) is 0 Å². The van der Waals surface area contributed by atoms with E-state index in [9.17, 15) is 0 Å². The molecule has 0 aliphatic carbocycles. The highest BCUT2D eigenvalue weighted by Crippen LogP contribution is 2.57. The largest absolute Gasteiger partial charge is 0.456 e. The van der Waals surface area contributed by atoms with Crippen molar-refractivity contribution in [3.05, 3.63) is 194 Å². The third kappa shape index (κ3) is 5.52. The zero-order valence-corrected chi connectivity index (χ0v) is 33.5. The van der Waals surface area contributed by atoms with Crippen LogP contribution >= 0.6 is 34.9 Å². The summed E-state index contributed by atoms with van der Waals surface area (Å²) in [5.41, 5.74) is 8.41. The molecule has 11 aromatic rings. The summed E-state index contributed by atoms with van der Waals surface area (Å²) < 4.78 is 8.89. The fraction of sp³-hybridized carbons (Fsp3) is 0. The van der Waals surface area contributed by atoms with E-state index in [1.165, 1.54) is 50.5 Å². The molecule has 0 radical (unpaired) electrons. The molecule has 3 nitrogen and oxygen atoms in total. The van der Waals surface area contributed by atoms with Crippen molar-refractivity contribution in [1.82, 2.24) is 0 Å². The van der Waals surface area contributed by atoms with Crippen LogP contribution in [0.3, 0.4) is 0 Å². The lowest BCUT2D eigenvalue weighted by atomic mass is 10.1. The van der Waals surface area contributed by atoms with E-state index >= 15 is 0 Å². The molecular formula is C52H32N2OS3. The summed E-state index contributed by atoms with van der Waals surface area (Å²) in [6, 6.07) is 70.3. The highest BCUT2D eigenvalue weighted by atomic mass is 32.2. The number of hydrogen-bond acceptors (Lipinski definition) is 6. The molecular weight excluding hydrogens is 765 g/mol. The van der Waals surface area contributed by atoms with Gasteiger partial charge in [-0.05, 0) is 95.7 Å². The minimum Gasteiger partial charge on any atom is -0.456 e. The SMILES string of the molecule is c1ccc(N(c2ccc3oc4ccccc4c3c2)c2cc(N(c3ccccc3)c3cccc4c3sc3ccccc34)cc3c2Sc2cc4ccccc4cc2S3)cc1. The van der Waals surface area contributed by atoms with Crippen LogP contribution in [0.15, 0.2) is 218 Å². The first-order valence-corrected chi connectivity index (χ1v) is 21.8. The fourth-order valence-corrected chi connectivity index (χ4v) is 12.0. The van der Waals surface area contributed by atoms with Crippen LogP contribution in [0.5, 0.6) is 0 Å². The second-order valence-corrected chi connectivity index (χ2v) is 17.7. The van der Waals surface area contributed by atoms with Crippen LogP contribution in [0, 0.1) is 0 Å². The van der Waals surface area contributed by atoms with Crippen molar-refractivity contribution in [2.45, 2.75) is 19.6 Å². The minimum absolute atomic E-state index is 0.881. The quantitative estimate of drug-likeness (QED) is 0.166. The predicted octanol–water partition coefficient (Wildman–Crippen LogP) is 16.7. The van der Waals surface area contributed by atoms with Crippen LogP contribution in [-0.2, 0) is 0 Å². The Kier molecular flexibility index (Phi) is 7.90. The first kappa shape index (κ1) is 33.7. The van der Waals surface area contributed by atoms with E-state index in [1.54, 1.807) is 0 Å². The first-order valence-electron chi connectivity index (χ1n) is 19.3. The number of furan rings is 1. The zero-order chi connectivity index (χ0) is 38.2. The molecule has 0 atom stereocenters. The molecule has 0 unspecified atom stereocenters. The summed E-state index contributed by atoms with van der Waals surface area (Å²) in [6.07, 6.45) is 0. The molecule has 0 fully saturated rings. The minimum atomic E-state index is 0.881. The molecule has 6 heteroatoms. The molecule has 3 heterocycles. The van der Waals surface area contributed by atoms with Crippen molar-refractivity contribution in [3.63, 3.8) is 0 Å². The van der Waals surface area contributed by atoms with Crippen LogP contribution in [0.2, 0.25) is 0 Å². The summed E-state index contributed by atoms with van der Waals surface area (Å²) in [6.45, 7) is 0. The highest BCUT2D eigenvalue weighted by Gasteiger charge is 2.29. The Labute approximate surface area is 347 Å². The van der Waals surface area contributed by atoms with Gasteiger partial charge in [-0.25, -0.2) is 0 Å². The van der Waals surface area contributed by atoms with Crippen LogP contribution in [0.4, 0.5) is 34.1 Å². The van der Waals surface area contributed by atoms with Crippen molar-refractivity contribution >= 4 is 122 Å². The van der Waals surface area contributed by atoms with Gasteiger partial charge in [-0.15, -0.1) is 11.3 Å². The second kappa shape index (κ2) is 13.6. The summed E-state index contributed by atoms with van der Waals surface area (Å²) in [7, 11) is 0. The number of thiophene rings is 1. The molecule has 0 bridgehead atoms.